The zero-order valence-corrected chi connectivity index (χ0v) is 8.71. The summed E-state index contributed by atoms with van der Waals surface area (Å²) in [7, 11) is 0. The number of rotatable bonds is 3. The molecule has 0 bridgehead atoms. The van der Waals surface area contributed by atoms with E-state index in [9.17, 15) is 9.90 Å². The summed E-state index contributed by atoms with van der Waals surface area (Å²) in [6.45, 7) is 3.59. The van der Waals surface area contributed by atoms with E-state index in [2.05, 4.69) is 11.9 Å². The number of aromatic hydroxyl groups is 1. The molecule has 5 heteroatoms. The molecular weight excluding hydrogens is 216 g/mol. The van der Waals surface area contributed by atoms with Crippen LogP contribution in [-0.4, -0.2) is 17.6 Å². The second-order valence-corrected chi connectivity index (χ2v) is 3.51. The Balaban J connectivity index is 2.81. The Kier molecular flexibility index (Phi) is 3.57. The van der Waals surface area contributed by atoms with Crippen molar-refractivity contribution in [3.05, 3.63) is 35.4 Å². The number of hydrogen-bond acceptors (Lipinski definition) is 3. The molecule has 0 heterocycles. The van der Waals surface area contributed by atoms with Crippen molar-refractivity contribution < 1.29 is 9.90 Å². The highest BCUT2D eigenvalue weighted by molar-refractivity contribution is 6.29. The van der Waals surface area contributed by atoms with E-state index in [0.29, 0.717) is 10.7 Å². The molecule has 0 saturated carbocycles. The Morgan fingerprint density at radius 1 is 1.60 bits per heavy atom. The molecule has 0 spiro atoms. The van der Waals surface area contributed by atoms with Crippen LogP contribution in [0.2, 0.25) is 0 Å². The summed E-state index contributed by atoms with van der Waals surface area (Å²) >= 11 is 5.49. The maximum atomic E-state index is 11.5. The van der Waals surface area contributed by atoms with Gasteiger partial charge in [0.25, 0.3) is 5.91 Å². The summed E-state index contributed by atoms with van der Waals surface area (Å²) in [5.74, 6) is -0.413. The number of amides is 1. The summed E-state index contributed by atoms with van der Waals surface area (Å²) in [6, 6.07) is 4.16. The molecule has 0 unspecified atom stereocenters. The van der Waals surface area contributed by atoms with Crippen molar-refractivity contribution in [2.75, 3.05) is 12.3 Å². The Morgan fingerprint density at radius 2 is 2.27 bits per heavy atom. The van der Waals surface area contributed by atoms with Gasteiger partial charge in [-0.1, -0.05) is 18.2 Å². The Bertz CT molecular complexity index is 404. The van der Waals surface area contributed by atoms with Gasteiger partial charge in [0.2, 0.25) is 0 Å². The molecule has 4 N–H and O–H groups in total. The highest BCUT2D eigenvalue weighted by Crippen LogP contribution is 2.18. The normalized spacial score (nSPS) is 9.67. The minimum atomic E-state index is -0.398. The van der Waals surface area contributed by atoms with E-state index >= 15 is 0 Å². The zero-order chi connectivity index (χ0) is 11.4. The van der Waals surface area contributed by atoms with Crippen molar-refractivity contribution in [2.45, 2.75) is 0 Å². The zero-order valence-electron chi connectivity index (χ0n) is 7.96. The third kappa shape index (κ3) is 3.18. The Morgan fingerprint density at radius 3 is 2.87 bits per heavy atom. The maximum Gasteiger partial charge on any atom is 0.253 e. The van der Waals surface area contributed by atoms with E-state index in [4.69, 9.17) is 17.3 Å². The summed E-state index contributed by atoms with van der Waals surface area (Å²) in [6.07, 6.45) is 0. The lowest BCUT2D eigenvalue weighted by atomic mass is 10.1. The number of nitrogens with one attached hydrogen (secondary N) is 1. The molecule has 15 heavy (non-hydrogen) atoms. The van der Waals surface area contributed by atoms with E-state index in [-0.39, 0.29) is 17.9 Å². The summed E-state index contributed by atoms with van der Waals surface area (Å²) in [5.41, 5.74) is 6.08. The maximum absolute atomic E-state index is 11.5. The Hall–Kier alpha value is -1.68. The fourth-order valence-electron chi connectivity index (χ4n) is 1.01. The van der Waals surface area contributed by atoms with Crippen LogP contribution in [0.15, 0.2) is 29.8 Å². The van der Waals surface area contributed by atoms with Crippen LogP contribution in [0.1, 0.15) is 10.4 Å². The Labute approximate surface area is 92.4 Å². The molecule has 1 rings (SSSR count). The molecule has 0 radical (unpaired) electrons. The number of phenolic OH excluding ortho intramolecular Hbond substituents is 1. The molecule has 0 aliphatic heterocycles. The second kappa shape index (κ2) is 4.70. The number of benzene rings is 1. The lowest BCUT2D eigenvalue weighted by Crippen LogP contribution is -2.25. The molecule has 0 saturated heterocycles. The number of hydrogen-bond donors (Lipinski definition) is 3. The number of halogens is 1. The molecule has 0 atom stereocenters. The van der Waals surface area contributed by atoms with Crippen molar-refractivity contribution >= 4 is 23.2 Å². The van der Waals surface area contributed by atoms with Gasteiger partial charge in [-0.05, 0) is 18.2 Å². The van der Waals surface area contributed by atoms with Crippen molar-refractivity contribution in [2.24, 2.45) is 0 Å². The predicted molar refractivity (Wildman–Crippen MR) is 59.8 cm³/mol. The monoisotopic (exact) mass is 226 g/mol. The van der Waals surface area contributed by atoms with Crippen molar-refractivity contribution in [1.82, 2.24) is 5.32 Å². The largest absolute Gasteiger partial charge is 0.508 e. The van der Waals surface area contributed by atoms with Gasteiger partial charge in [0.1, 0.15) is 5.75 Å². The average Bonchev–Trinajstić information content (AvgIpc) is 2.18. The van der Waals surface area contributed by atoms with Gasteiger partial charge in [0.05, 0.1) is 12.1 Å². The van der Waals surface area contributed by atoms with Gasteiger partial charge >= 0.3 is 0 Å². The van der Waals surface area contributed by atoms with E-state index in [1.54, 1.807) is 0 Å². The van der Waals surface area contributed by atoms with E-state index < -0.39 is 5.91 Å². The standard InChI is InChI=1S/C10H11ClN2O2/c1-6(11)5-13-10(15)8-4-7(14)2-3-9(8)12/h2-4,14H,1,5,12H2,(H,13,15). The van der Waals surface area contributed by atoms with Gasteiger partial charge in [-0.15, -0.1) is 0 Å². The van der Waals surface area contributed by atoms with Crippen LogP contribution in [0.3, 0.4) is 0 Å². The van der Waals surface area contributed by atoms with Gasteiger partial charge < -0.3 is 16.2 Å². The number of carbonyl (C=O) groups excluding carboxylic acids is 1. The van der Waals surface area contributed by atoms with Gasteiger partial charge in [0, 0.05) is 10.7 Å². The fraction of sp³-hybridized carbons (Fsp3) is 0.100. The van der Waals surface area contributed by atoms with Gasteiger partial charge in [-0.2, -0.15) is 0 Å². The van der Waals surface area contributed by atoms with Crippen LogP contribution in [0.4, 0.5) is 5.69 Å². The first-order chi connectivity index (χ1) is 7.00. The van der Waals surface area contributed by atoms with Crippen LogP contribution < -0.4 is 11.1 Å². The lowest BCUT2D eigenvalue weighted by Gasteiger charge is -2.06. The van der Waals surface area contributed by atoms with Crippen LogP contribution >= 0.6 is 11.6 Å². The number of nitrogens with two attached hydrogens (primary N) is 1. The molecule has 0 aromatic heterocycles. The summed E-state index contributed by atoms with van der Waals surface area (Å²) < 4.78 is 0. The first-order valence-corrected chi connectivity index (χ1v) is 4.58. The molecule has 1 amide bonds. The number of anilines is 1. The fourth-order valence-corrected chi connectivity index (χ4v) is 1.08. The van der Waals surface area contributed by atoms with Crippen LogP contribution in [-0.2, 0) is 0 Å². The van der Waals surface area contributed by atoms with E-state index in [1.807, 2.05) is 0 Å². The number of nitrogen functional groups attached to an aromatic ring is 1. The lowest BCUT2D eigenvalue weighted by molar-refractivity contribution is 0.0958. The molecule has 80 valence electrons. The quantitative estimate of drug-likeness (QED) is 0.540. The van der Waals surface area contributed by atoms with Crippen LogP contribution in [0.25, 0.3) is 0 Å². The molecule has 0 fully saturated rings. The third-order valence-corrected chi connectivity index (χ3v) is 1.86. The minimum Gasteiger partial charge on any atom is -0.508 e. The van der Waals surface area contributed by atoms with E-state index in [0.717, 1.165) is 0 Å². The van der Waals surface area contributed by atoms with Crippen molar-refractivity contribution in [1.29, 1.82) is 0 Å². The average molecular weight is 227 g/mol. The van der Waals surface area contributed by atoms with Gasteiger partial charge in [-0.25, -0.2) is 0 Å². The SMILES string of the molecule is C=C(Cl)CNC(=O)c1cc(O)ccc1N. The first-order valence-electron chi connectivity index (χ1n) is 4.20. The molecule has 0 aliphatic carbocycles. The smallest absolute Gasteiger partial charge is 0.253 e. The molecule has 4 nitrogen and oxygen atoms in total. The molecule has 1 aromatic rings. The molecule has 0 aliphatic rings. The molecular formula is C10H11ClN2O2. The van der Waals surface area contributed by atoms with Crippen molar-refractivity contribution in [3.8, 4) is 5.75 Å². The number of phenols is 1. The van der Waals surface area contributed by atoms with E-state index in [1.165, 1.54) is 18.2 Å². The van der Waals surface area contributed by atoms with Crippen LogP contribution in [0.5, 0.6) is 5.75 Å². The predicted octanol–water partition coefficient (Wildman–Crippen LogP) is 1.46. The third-order valence-electron chi connectivity index (χ3n) is 1.72. The topological polar surface area (TPSA) is 75.3 Å². The van der Waals surface area contributed by atoms with Crippen LogP contribution in [0, 0.1) is 0 Å². The van der Waals surface area contributed by atoms with Gasteiger partial charge in [0.15, 0.2) is 0 Å². The number of carbonyl (C=O) groups is 1. The van der Waals surface area contributed by atoms with Gasteiger partial charge in [-0.3, -0.25) is 4.79 Å². The highest BCUT2D eigenvalue weighted by Gasteiger charge is 2.09. The van der Waals surface area contributed by atoms with Crippen molar-refractivity contribution in [3.63, 3.8) is 0 Å². The first kappa shape index (κ1) is 11.4. The second-order valence-electron chi connectivity index (χ2n) is 2.97. The molecule has 1 aromatic carbocycles. The highest BCUT2D eigenvalue weighted by atomic mass is 35.5. The summed E-state index contributed by atoms with van der Waals surface area (Å²) in [5, 5.41) is 12.0. The minimum absolute atomic E-state index is 0.0148. The summed E-state index contributed by atoms with van der Waals surface area (Å²) in [4.78, 5) is 11.5.